The summed E-state index contributed by atoms with van der Waals surface area (Å²) in [7, 11) is 0. The maximum absolute atomic E-state index is 6.80. The van der Waals surface area contributed by atoms with E-state index < -0.39 is 0 Å². The molecule has 1 saturated carbocycles. The molecule has 0 spiro atoms. The van der Waals surface area contributed by atoms with Gasteiger partial charge in [0.15, 0.2) is 0 Å². The Morgan fingerprint density at radius 2 is 1.71 bits per heavy atom. The first-order valence-electron chi connectivity index (χ1n) is 15.9. The number of nitrogens with zero attached hydrogens (tertiary/aromatic N) is 4. The van der Waals surface area contributed by atoms with Crippen molar-refractivity contribution in [2.75, 3.05) is 0 Å². The van der Waals surface area contributed by atoms with Gasteiger partial charge in [0.2, 0.25) is 5.90 Å². The van der Waals surface area contributed by atoms with Crippen molar-refractivity contribution in [3.8, 4) is 28.6 Å². The van der Waals surface area contributed by atoms with Gasteiger partial charge in [-0.3, -0.25) is 9.55 Å². The SMILES string of the molecule is Cc1cc2c3c(c1)c1cc(C)c(Oc4cc(C5=N[C@@H]6CCC[C@@H]6O5)cc(-c5ccccn5)c4)cc1n3-c1ncccc1C2(C)C. The van der Waals surface area contributed by atoms with Crippen molar-refractivity contribution in [2.24, 2.45) is 4.99 Å². The van der Waals surface area contributed by atoms with E-state index in [0.717, 1.165) is 58.1 Å². The molecule has 2 atom stereocenters. The number of rotatable bonds is 4. The van der Waals surface area contributed by atoms with Gasteiger partial charge >= 0.3 is 0 Å². The molecule has 0 saturated heterocycles. The van der Waals surface area contributed by atoms with E-state index in [9.17, 15) is 0 Å². The second kappa shape index (κ2) is 9.51. The van der Waals surface area contributed by atoms with Crippen molar-refractivity contribution >= 4 is 27.7 Å². The van der Waals surface area contributed by atoms with E-state index in [1.54, 1.807) is 0 Å². The van der Waals surface area contributed by atoms with Crippen LogP contribution in [-0.2, 0) is 10.2 Å². The van der Waals surface area contributed by atoms with Crippen LogP contribution in [0.25, 0.3) is 38.9 Å². The third-order valence-corrected chi connectivity index (χ3v) is 9.95. The molecule has 6 aromatic rings. The Morgan fingerprint density at radius 3 is 2.56 bits per heavy atom. The van der Waals surface area contributed by atoms with Gasteiger partial charge in [-0.15, -0.1) is 0 Å². The summed E-state index contributed by atoms with van der Waals surface area (Å²) in [5.74, 6) is 3.22. The summed E-state index contributed by atoms with van der Waals surface area (Å²) in [5, 5.41) is 2.46. The summed E-state index contributed by atoms with van der Waals surface area (Å²) in [5.41, 5.74) is 9.79. The summed E-state index contributed by atoms with van der Waals surface area (Å²) in [6.45, 7) is 8.93. The molecule has 0 unspecified atom stereocenters. The molecular weight excluding hydrogens is 556 g/mol. The number of aryl methyl sites for hydroxylation is 2. The molecule has 0 N–H and O–H groups in total. The standard InChI is InChI=1S/C39H34N4O2/c1-22-15-28-27-17-23(2)35(21-33(27)43-36(28)30(16-22)39(3,4)29-9-8-14-41-37(29)43)44-26-19-24(31-10-5-6-13-40-31)18-25(20-26)38-42-32-11-7-12-34(32)45-38/h5-6,8-10,13-21,32,34H,7,11-12H2,1-4H3/t32-,34+/m1/s1. The normalized spacial score (nSPS) is 19.3. The number of hydrogen-bond donors (Lipinski definition) is 0. The maximum Gasteiger partial charge on any atom is 0.216 e. The number of aliphatic imine (C=N–C) groups is 1. The summed E-state index contributed by atoms with van der Waals surface area (Å²) in [4.78, 5) is 14.5. The highest BCUT2D eigenvalue weighted by Crippen LogP contribution is 2.48. The molecule has 1 fully saturated rings. The molecule has 3 aromatic heterocycles. The number of benzene rings is 3. The third kappa shape index (κ3) is 3.98. The van der Waals surface area contributed by atoms with Gasteiger partial charge in [-0.2, -0.15) is 0 Å². The predicted molar refractivity (Wildman–Crippen MR) is 179 cm³/mol. The lowest BCUT2D eigenvalue weighted by Crippen LogP contribution is -2.27. The van der Waals surface area contributed by atoms with E-state index in [1.165, 1.54) is 39.4 Å². The lowest BCUT2D eigenvalue weighted by molar-refractivity contribution is 0.211. The van der Waals surface area contributed by atoms with Crippen LogP contribution in [0, 0.1) is 13.8 Å². The Hall–Kier alpha value is -4.97. The summed E-state index contributed by atoms with van der Waals surface area (Å²) in [6, 6.07) is 25.8. The summed E-state index contributed by atoms with van der Waals surface area (Å²) < 4.78 is 15.5. The lowest BCUT2D eigenvalue weighted by atomic mass is 9.75. The minimum Gasteiger partial charge on any atom is -0.472 e. The fraction of sp³-hybridized carbons (Fsp3) is 0.256. The highest BCUT2D eigenvalue weighted by atomic mass is 16.5. The van der Waals surface area contributed by atoms with E-state index in [-0.39, 0.29) is 17.6 Å². The molecule has 0 radical (unpaired) electrons. The van der Waals surface area contributed by atoms with Crippen LogP contribution >= 0.6 is 0 Å². The molecule has 6 heteroatoms. The Labute approximate surface area is 262 Å². The van der Waals surface area contributed by atoms with Gasteiger partial charge in [0.25, 0.3) is 0 Å². The molecule has 2 aliphatic heterocycles. The van der Waals surface area contributed by atoms with Gasteiger partial charge in [-0.05, 0) is 92.8 Å². The average molecular weight is 591 g/mol. The second-order valence-electron chi connectivity index (χ2n) is 13.3. The fourth-order valence-electron chi connectivity index (χ4n) is 7.69. The number of aromatic nitrogens is 3. The van der Waals surface area contributed by atoms with Crippen LogP contribution in [0.3, 0.4) is 0 Å². The van der Waals surface area contributed by atoms with Gasteiger partial charge < -0.3 is 9.47 Å². The summed E-state index contributed by atoms with van der Waals surface area (Å²) >= 11 is 0. The van der Waals surface area contributed by atoms with Crippen LogP contribution in [0.4, 0.5) is 0 Å². The molecule has 6 nitrogen and oxygen atoms in total. The first kappa shape index (κ1) is 26.4. The van der Waals surface area contributed by atoms with E-state index in [1.807, 2.05) is 36.7 Å². The molecule has 3 aliphatic rings. The average Bonchev–Trinajstić information content (AvgIpc) is 3.74. The van der Waals surface area contributed by atoms with Crippen molar-refractivity contribution in [3.05, 3.63) is 113 Å². The van der Waals surface area contributed by atoms with Gasteiger partial charge in [-0.25, -0.2) is 9.98 Å². The molecule has 0 amide bonds. The fourth-order valence-corrected chi connectivity index (χ4v) is 7.69. The monoisotopic (exact) mass is 590 g/mol. The molecule has 222 valence electrons. The highest BCUT2D eigenvalue weighted by molar-refractivity contribution is 6.12. The third-order valence-electron chi connectivity index (χ3n) is 9.95. The van der Waals surface area contributed by atoms with Crippen molar-refractivity contribution in [2.45, 2.75) is 64.5 Å². The Kier molecular flexibility index (Phi) is 5.59. The minimum absolute atomic E-state index is 0.168. The van der Waals surface area contributed by atoms with Gasteiger partial charge in [0.05, 0.1) is 22.8 Å². The first-order valence-corrected chi connectivity index (χ1v) is 15.9. The van der Waals surface area contributed by atoms with Gasteiger partial charge in [-0.1, -0.05) is 37.6 Å². The van der Waals surface area contributed by atoms with Crippen molar-refractivity contribution in [1.82, 2.24) is 14.5 Å². The minimum atomic E-state index is -0.168. The Balaban J connectivity index is 1.22. The maximum atomic E-state index is 6.80. The van der Waals surface area contributed by atoms with E-state index in [4.69, 9.17) is 19.5 Å². The predicted octanol–water partition coefficient (Wildman–Crippen LogP) is 8.99. The lowest BCUT2D eigenvalue weighted by Gasteiger charge is -2.34. The smallest absolute Gasteiger partial charge is 0.216 e. The van der Waals surface area contributed by atoms with Crippen LogP contribution < -0.4 is 4.74 Å². The van der Waals surface area contributed by atoms with E-state index in [2.05, 4.69) is 85.8 Å². The zero-order valence-electron chi connectivity index (χ0n) is 26.0. The highest BCUT2D eigenvalue weighted by Gasteiger charge is 2.37. The molecule has 0 bridgehead atoms. The number of hydrogen-bond acceptors (Lipinski definition) is 5. The zero-order chi connectivity index (χ0) is 30.4. The van der Waals surface area contributed by atoms with Crippen molar-refractivity contribution in [1.29, 1.82) is 0 Å². The molecule has 9 rings (SSSR count). The topological polar surface area (TPSA) is 61.5 Å². The Morgan fingerprint density at radius 1 is 0.844 bits per heavy atom. The van der Waals surface area contributed by atoms with Crippen LogP contribution in [0.1, 0.15) is 60.9 Å². The van der Waals surface area contributed by atoms with Crippen LogP contribution in [0.5, 0.6) is 11.5 Å². The molecular formula is C39H34N4O2. The zero-order valence-corrected chi connectivity index (χ0v) is 26.0. The Bertz CT molecular complexity index is 2210. The first-order chi connectivity index (χ1) is 21.8. The molecule has 3 aromatic carbocycles. The molecule has 45 heavy (non-hydrogen) atoms. The number of pyridine rings is 2. The number of ether oxygens (including phenoxy) is 2. The van der Waals surface area contributed by atoms with E-state index in [0.29, 0.717) is 5.90 Å². The van der Waals surface area contributed by atoms with Crippen molar-refractivity contribution in [3.63, 3.8) is 0 Å². The summed E-state index contributed by atoms with van der Waals surface area (Å²) in [6.07, 6.45) is 7.21. The molecule has 1 aliphatic carbocycles. The van der Waals surface area contributed by atoms with E-state index >= 15 is 0 Å². The van der Waals surface area contributed by atoms with Gasteiger partial charge in [0.1, 0.15) is 23.4 Å². The van der Waals surface area contributed by atoms with Crippen LogP contribution in [0.2, 0.25) is 0 Å². The van der Waals surface area contributed by atoms with Crippen LogP contribution in [0.15, 0.2) is 90.2 Å². The molecule has 5 heterocycles. The number of fused-ring (bicyclic) bond motifs is 6. The largest absolute Gasteiger partial charge is 0.472 e. The van der Waals surface area contributed by atoms with Gasteiger partial charge in [0, 0.05) is 51.3 Å². The van der Waals surface area contributed by atoms with Crippen molar-refractivity contribution < 1.29 is 9.47 Å². The second-order valence-corrected chi connectivity index (χ2v) is 13.3. The van der Waals surface area contributed by atoms with Crippen LogP contribution in [-0.4, -0.2) is 32.6 Å². The quantitative estimate of drug-likeness (QED) is 0.206.